The van der Waals surface area contributed by atoms with Crippen molar-refractivity contribution in [3.63, 3.8) is 0 Å². The SMILES string of the molecule is CN=[P+](F)F. The summed E-state index contributed by atoms with van der Waals surface area (Å²) in [5, 5.41) is 0. The van der Waals surface area contributed by atoms with Crippen molar-refractivity contribution in [1.82, 2.24) is 0 Å². The maximum atomic E-state index is 10.7. The Kier molecular flexibility index (Phi) is 2.19. The summed E-state index contributed by atoms with van der Waals surface area (Å²) in [4.78, 5) is 0. The zero-order valence-electron chi connectivity index (χ0n) is 2.65. The van der Waals surface area contributed by atoms with Crippen molar-refractivity contribution in [3.05, 3.63) is 0 Å². The first-order valence-electron chi connectivity index (χ1n) is 0.985. The monoisotopic (exact) mass is 98.0 g/mol. The first-order valence-corrected chi connectivity index (χ1v) is 2.06. The molecule has 0 unspecified atom stereocenters. The number of nitrogens with zero attached hydrogens (tertiary/aromatic N) is 1. The summed E-state index contributed by atoms with van der Waals surface area (Å²) in [5.41, 5.74) is 0. The molecule has 0 spiro atoms. The van der Waals surface area contributed by atoms with Crippen LogP contribution in [0.25, 0.3) is 0 Å². The van der Waals surface area contributed by atoms with Gasteiger partial charge in [-0.2, -0.15) is 0 Å². The molecular formula is CH3F2NP+. The smallest absolute Gasteiger partial charge is 0.0430 e. The predicted molar refractivity (Wildman–Crippen MR) is 17.5 cm³/mol. The van der Waals surface area contributed by atoms with Gasteiger partial charge in [-0.1, -0.05) is 0 Å². The van der Waals surface area contributed by atoms with E-state index in [4.69, 9.17) is 0 Å². The molecule has 0 N–H and O–H groups in total. The Morgan fingerprint density at radius 3 is 1.80 bits per heavy atom. The van der Waals surface area contributed by atoms with Gasteiger partial charge in [-0.15, -0.1) is 0 Å². The maximum Gasteiger partial charge on any atom is 0.657 e. The van der Waals surface area contributed by atoms with Crippen LogP contribution in [-0.2, 0) is 0 Å². The van der Waals surface area contributed by atoms with Crippen molar-refractivity contribution >= 4 is 8.33 Å². The van der Waals surface area contributed by atoms with E-state index in [2.05, 4.69) is 4.74 Å². The van der Waals surface area contributed by atoms with Crippen molar-refractivity contribution in [3.8, 4) is 0 Å². The van der Waals surface area contributed by atoms with Gasteiger partial charge in [-0.3, -0.25) is 0 Å². The average Bonchev–Trinajstić information content (AvgIpc) is 1.38. The van der Waals surface area contributed by atoms with Crippen LogP contribution in [0, 0.1) is 0 Å². The Morgan fingerprint density at radius 2 is 1.80 bits per heavy atom. The Balaban J connectivity index is 3.14. The molecule has 0 aromatic heterocycles. The van der Waals surface area contributed by atoms with Gasteiger partial charge >= 0.3 is 8.33 Å². The third-order valence-electron chi connectivity index (χ3n) is 0.151. The van der Waals surface area contributed by atoms with E-state index in [1.165, 1.54) is 0 Å². The van der Waals surface area contributed by atoms with E-state index in [1.807, 2.05) is 0 Å². The van der Waals surface area contributed by atoms with Crippen LogP contribution in [0.1, 0.15) is 0 Å². The van der Waals surface area contributed by atoms with Gasteiger partial charge in [0.15, 0.2) is 0 Å². The first kappa shape index (κ1) is 4.96. The minimum Gasteiger partial charge on any atom is -0.0430 e. The Bertz CT molecular complexity index is 47.6. The molecule has 4 heteroatoms. The highest BCUT2D eigenvalue weighted by molar-refractivity contribution is 7.35. The lowest BCUT2D eigenvalue weighted by molar-refractivity contribution is 0.760. The molecule has 30 valence electrons. The van der Waals surface area contributed by atoms with Crippen molar-refractivity contribution < 1.29 is 8.39 Å². The third-order valence-corrected chi connectivity index (χ3v) is 0.454. The second kappa shape index (κ2) is 2.21. The molecule has 0 atom stereocenters. The van der Waals surface area contributed by atoms with Crippen LogP contribution >= 0.6 is 8.33 Å². The van der Waals surface area contributed by atoms with Gasteiger partial charge in [0.05, 0.1) is 15.4 Å². The standard InChI is InChI=1S/CH3F2NP/c1-4-5(2)3/h1H3/q+1. The van der Waals surface area contributed by atoms with Crippen LogP contribution < -0.4 is 0 Å². The molecule has 0 aliphatic heterocycles. The van der Waals surface area contributed by atoms with Gasteiger partial charge in [0.2, 0.25) is 0 Å². The summed E-state index contributed by atoms with van der Waals surface area (Å²) in [6.45, 7) is 0. The van der Waals surface area contributed by atoms with Crippen LogP contribution in [0.5, 0.6) is 0 Å². The Labute approximate surface area is 29.7 Å². The zero-order valence-corrected chi connectivity index (χ0v) is 3.54. The summed E-state index contributed by atoms with van der Waals surface area (Å²) in [5.74, 6) is 0. The fourth-order valence-electron chi connectivity index (χ4n) is 0. The molecule has 0 aromatic carbocycles. The van der Waals surface area contributed by atoms with E-state index in [1.54, 1.807) is 0 Å². The summed E-state index contributed by atoms with van der Waals surface area (Å²) in [6, 6.07) is 0. The van der Waals surface area contributed by atoms with Gasteiger partial charge < -0.3 is 0 Å². The molecule has 0 aliphatic rings. The molecular weight excluding hydrogens is 95.0 g/mol. The van der Waals surface area contributed by atoms with Crippen LogP contribution in [0.2, 0.25) is 0 Å². The van der Waals surface area contributed by atoms with Gasteiger partial charge in [0, 0.05) is 0 Å². The number of hydrogen-bond acceptors (Lipinski definition) is 1. The lowest BCUT2D eigenvalue weighted by Gasteiger charge is -1.41. The highest BCUT2D eigenvalue weighted by Gasteiger charge is 2.02. The topological polar surface area (TPSA) is 12.4 Å². The molecule has 0 heterocycles. The van der Waals surface area contributed by atoms with Gasteiger partial charge in [-0.25, -0.2) is 0 Å². The second-order valence-corrected chi connectivity index (χ2v) is 1.25. The summed E-state index contributed by atoms with van der Waals surface area (Å²) < 4.78 is 23.9. The largest absolute Gasteiger partial charge is 0.657 e. The van der Waals surface area contributed by atoms with Crippen LogP contribution in [0.15, 0.2) is 4.74 Å². The number of hydrogen-bond donors (Lipinski definition) is 0. The lowest BCUT2D eigenvalue weighted by atomic mass is 11.6. The van der Waals surface area contributed by atoms with E-state index >= 15 is 0 Å². The zero-order chi connectivity index (χ0) is 4.28. The van der Waals surface area contributed by atoms with Crippen LogP contribution in [-0.4, -0.2) is 7.05 Å². The van der Waals surface area contributed by atoms with Crippen molar-refractivity contribution in [2.45, 2.75) is 0 Å². The molecule has 0 radical (unpaired) electrons. The molecule has 0 aliphatic carbocycles. The van der Waals surface area contributed by atoms with Crippen LogP contribution in [0.3, 0.4) is 0 Å². The fourth-order valence-corrected chi connectivity index (χ4v) is 0. The van der Waals surface area contributed by atoms with Crippen molar-refractivity contribution in [2.75, 3.05) is 7.05 Å². The van der Waals surface area contributed by atoms with E-state index in [0.717, 1.165) is 7.05 Å². The molecule has 0 saturated carbocycles. The number of rotatable bonds is 0. The Morgan fingerprint density at radius 1 is 1.60 bits per heavy atom. The normalized spacial score (nSPS) is 7.00. The lowest BCUT2D eigenvalue weighted by Crippen LogP contribution is -1.27. The van der Waals surface area contributed by atoms with Crippen molar-refractivity contribution in [1.29, 1.82) is 0 Å². The van der Waals surface area contributed by atoms with Gasteiger partial charge in [0.25, 0.3) is 0 Å². The molecule has 0 rings (SSSR count). The van der Waals surface area contributed by atoms with E-state index in [0.29, 0.717) is 0 Å². The maximum absolute atomic E-state index is 10.7. The first-order chi connectivity index (χ1) is 2.27. The quantitative estimate of drug-likeness (QED) is 0.411. The predicted octanol–water partition coefficient (Wildman–Crippen LogP) is 2.05. The van der Waals surface area contributed by atoms with E-state index in [-0.39, 0.29) is 0 Å². The molecule has 0 bridgehead atoms. The Hall–Kier alpha value is -0.0400. The third kappa shape index (κ3) is 3.96. The minimum absolute atomic E-state index is 1.10. The van der Waals surface area contributed by atoms with E-state index < -0.39 is 8.33 Å². The average molecular weight is 98.0 g/mol. The summed E-state index contributed by atoms with van der Waals surface area (Å²) in [7, 11) is -1.87. The van der Waals surface area contributed by atoms with E-state index in [9.17, 15) is 8.39 Å². The number of halogens is 2. The molecule has 0 fully saturated rings. The molecule has 0 aromatic rings. The molecule has 0 saturated heterocycles. The van der Waals surface area contributed by atoms with Gasteiger partial charge in [-0.05, 0) is 4.74 Å². The highest BCUT2D eigenvalue weighted by Crippen LogP contribution is 2.25. The fraction of sp³-hybridized carbons (Fsp3) is 1.00. The summed E-state index contributed by atoms with van der Waals surface area (Å²) >= 11 is 0. The van der Waals surface area contributed by atoms with Crippen LogP contribution in [0.4, 0.5) is 8.39 Å². The minimum atomic E-state index is -2.97. The molecule has 5 heavy (non-hydrogen) atoms. The van der Waals surface area contributed by atoms with Gasteiger partial charge in [0.1, 0.15) is 0 Å². The molecule has 1 nitrogen and oxygen atoms in total. The summed E-state index contributed by atoms with van der Waals surface area (Å²) in [6.07, 6.45) is 0. The second-order valence-electron chi connectivity index (χ2n) is 0.415. The molecule has 0 amide bonds. The highest BCUT2D eigenvalue weighted by atomic mass is 31.2. The van der Waals surface area contributed by atoms with Crippen molar-refractivity contribution in [2.24, 2.45) is 4.74 Å².